The topological polar surface area (TPSA) is 83.5 Å². The fourth-order valence-corrected chi connectivity index (χ4v) is 4.40. The largest absolute Gasteiger partial charge is 0.466 e. The molecule has 0 bridgehead atoms. The van der Waals surface area contributed by atoms with Crippen molar-refractivity contribution in [3.8, 4) is 0 Å². The van der Waals surface area contributed by atoms with Crippen LogP contribution in [0.15, 0.2) is 0 Å². The maximum absolute atomic E-state index is 11.6. The lowest BCUT2D eigenvalue weighted by Gasteiger charge is -2.27. The Bertz CT molecular complexity index is 430. The summed E-state index contributed by atoms with van der Waals surface area (Å²) in [6, 6.07) is 0. The van der Waals surface area contributed by atoms with E-state index in [9.17, 15) is 4.79 Å². The molecule has 2 saturated heterocycles. The molecule has 2 heterocycles. The van der Waals surface area contributed by atoms with Crippen LogP contribution in [-0.4, -0.2) is 62.3 Å². The minimum absolute atomic E-state index is 0.174. The van der Waals surface area contributed by atoms with Gasteiger partial charge in [0.15, 0.2) is 11.6 Å². The molecule has 7 heteroatoms. The maximum Gasteiger partial charge on any atom is 0.314 e. The van der Waals surface area contributed by atoms with Crippen LogP contribution in [0.3, 0.4) is 0 Å². The first kappa shape index (κ1) is 19.0. The number of rotatable bonds is 3. The Morgan fingerprint density at radius 2 is 1.56 bits per heavy atom. The molecule has 4 aliphatic rings. The van der Waals surface area contributed by atoms with Crippen molar-refractivity contribution in [1.29, 1.82) is 0 Å². The molecule has 2 atom stereocenters. The standard InChI is InChI=1S/C10H16O4.C8H14O3/c1-2-12-9(11)8-4-3-5-10(8)13-6-7-14-10;9-6-7-2-1-3-8(7)10-4-5-11-8/h8H,2-7H2,1H3;7,9H,1-6H2. The highest BCUT2D eigenvalue weighted by Gasteiger charge is 2.52. The van der Waals surface area contributed by atoms with Gasteiger partial charge in [0.05, 0.1) is 39.6 Å². The molecule has 1 N–H and O–H groups in total. The van der Waals surface area contributed by atoms with Crippen LogP contribution >= 0.6 is 0 Å². The van der Waals surface area contributed by atoms with Gasteiger partial charge in [-0.15, -0.1) is 0 Å². The first-order chi connectivity index (χ1) is 12.2. The quantitative estimate of drug-likeness (QED) is 0.768. The van der Waals surface area contributed by atoms with Gasteiger partial charge in [0.1, 0.15) is 5.92 Å². The van der Waals surface area contributed by atoms with Crippen molar-refractivity contribution in [2.24, 2.45) is 11.8 Å². The second-order valence-corrected chi connectivity index (χ2v) is 6.99. The lowest BCUT2D eigenvalue weighted by atomic mass is 10.0. The summed E-state index contributed by atoms with van der Waals surface area (Å²) in [5.74, 6) is -1.22. The lowest BCUT2D eigenvalue weighted by molar-refractivity contribution is -0.198. The van der Waals surface area contributed by atoms with E-state index in [-0.39, 0.29) is 24.4 Å². The number of hydrogen-bond donors (Lipinski definition) is 1. The van der Waals surface area contributed by atoms with E-state index in [0.717, 1.165) is 38.5 Å². The molecule has 2 saturated carbocycles. The van der Waals surface area contributed by atoms with Gasteiger partial charge in [-0.1, -0.05) is 0 Å². The third-order valence-corrected chi connectivity index (χ3v) is 5.59. The van der Waals surface area contributed by atoms with Crippen LogP contribution in [-0.2, 0) is 28.5 Å². The Morgan fingerprint density at radius 3 is 2.16 bits per heavy atom. The zero-order valence-corrected chi connectivity index (χ0v) is 15.0. The molecule has 2 unspecified atom stereocenters. The molecule has 144 valence electrons. The van der Waals surface area contributed by atoms with Crippen LogP contribution in [0, 0.1) is 11.8 Å². The van der Waals surface area contributed by atoms with Gasteiger partial charge >= 0.3 is 5.97 Å². The van der Waals surface area contributed by atoms with Crippen LogP contribution in [0.5, 0.6) is 0 Å². The number of hydrogen-bond acceptors (Lipinski definition) is 7. The van der Waals surface area contributed by atoms with Gasteiger partial charge in [-0.2, -0.15) is 0 Å². The zero-order chi connectivity index (χ0) is 17.8. The van der Waals surface area contributed by atoms with Crippen LogP contribution in [0.2, 0.25) is 0 Å². The van der Waals surface area contributed by atoms with E-state index >= 15 is 0 Å². The van der Waals surface area contributed by atoms with Crippen molar-refractivity contribution in [2.45, 2.75) is 57.0 Å². The Labute approximate surface area is 148 Å². The highest BCUT2D eigenvalue weighted by Crippen LogP contribution is 2.43. The number of aliphatic hydroxyl groups excluding tert-OH is 1. The molecule has 0 radical (unpaired) electrons. The molecule has 0 aromatic rings. The van der Waals surface area contributed by atoms with Gasteiger partial charge in [-0.25, -0.2) is 0 Å². The van der Waals surface area contributed by atoms with Gasteiger partial charge < -0.3 is 28.8 Å². The molecule has 4 fully saturated rings. The minimum Gasteiger partial charge on any atom is -0.466 e. The van der Waals surface area contributed by atoms with Crippen LogP contribution in [0.25, 0.3) is 0 Å². The second kappa shape index (κ2) is 8.31. The molecular formula is C18H30O7. The molecule has 4 rings (SSSR count). The molecule has 2 spiro atoms. The Kier molecular flexibility index (Phi) is 6.33. The zero-order valence-electron chi connectivity index (χ0n) is 15.0. The molecule has 7 nitrogen and oxygen atoms in total. The Hall–Kier alpha value is -0.730. The molecular weight excluding hydrogens is 328 g/mol. The van der Waals surface area contributed by atoms with Gasteiger partial charge in [0.25, 0.3) is 0 Å². The molecule has 0 aromatic heterocycles. The van der Waals surface area contributed by atoms with Crippen LogP contribution < -0.4 is 0 Å². The van der Waals surface area contributed by atoms with E-state index in [4.69, 9.17) is 28.8 Å². The minimum atomic E-state index is -0.647. The predicted octanol–water partition coefficient (Wildman–Crippen LogP) is 1.61. The molecule has 0 aromatic carbocycles. The average molecular weight is 358 g/mol. The third-order valence-electron chi connectivity index (χ3n) is 5.59. The van der Waals surface area contributed by atoms with Crippen molar-refractivity contribution >= 4 is 5.97 Å². The van der Waals surface area contributed by atoms with Gasteiger partial charge in [-0.3, -0.25) is 4.79 Å². The number of carbonyl (C=O) groups excluding carboxylic acids is 1. The van der Waals surface area contributed by atoms with Crippen molar-refractivity contribution < 1.29 is 33.6 Å². The fraction of sp³-hybridized carbons (Fsp3) is 0.944. The van der Waals surface area contributed by atoms with Crippen LogP contribution in [0.1, 0.15) is 45.4 Å². The van der Waals surface area contributed by atoms with E-state index in [1.807, 2.05) is 6.92 Å². The van der Waals surface area contributed by atoms with E-state index in [1.165, 1.54) is 0 Å². The molecule has 2 aliphatic carbocycles. The summed E-state index contributed by atoms with van der Waals surface area (Å²) in [6.07, 6.45) is 5.72. The third kappa shape index (κ3) is 3.85. The summed E-state index contributed by atoms with van der Waals surface area (Å²) in [7, 11) is 0. The van der Waals surface area contributed by atoms with Crippen molar-refractivity contribution in [2.75, 3.05) is 39.6 Å². The predicted molar refractivity (Wildman–Crippen MR) is 87.7 cm³/mol. The molecule has 2 aliphatic heterocycles. The fourth-order valence-electron chi connectivity index (χ4n) is 4.40. The Balaban J connectivity index is 0.000000150. The maximum atomic E-state index is 11.6. The lowest BCUT2D eigenvalue weighted by Crippen LogP contribution is -2.39. The summed E-state index contributed by atoms with van der Waals surface area (Å²) in [6.45, 7) is 5.00. The number of carbonyl (C=O) groups is 1. The average Bonchev–Trinajstić information content (AvgIpc) is 3.41. The summed E-state index contributed by atoms with van der Waals surface area (Å²) >= 11 is 0. The number of ether oxygens (including phenoxy) is 5. The smallest absolute Gasteiger partial charge is 0.314 e. The molecule has 25 heavy (non-hydrogen) atoms. The highest BCUT2D eigenvalue weighted by molar-refractivity contribution is 5.74. The summed E-state index contributed by atoms with van der Waals surface area (Å²) in [5, 5.41) is 9.03. The summed E-state index contributed by atoms with van der Waals surface area (Å²) in [4.78, 5) is 11.6. The van der Waals surface area contributed by atoms with Crippen molar-refractivity contribution in [3.63, 3.8) is 0 Å². The van der Waals surface area contributed by atoms with Crippen molar-refractivity contribution in [1.82, 2.24) is 0 Å². The summed E-state index contributed by atoms with van der Waals surface area (Å²) in [5.41, 5.74) is 0. The highest BCUT2D eigenvalue weighted by atomic mass is 16.7. The summed E-state index contributed by atoms with van der Waals surface area (Å²) < 4.78 is 27.2. The van der Waals surface area contributed by atoms with Gasteiger partial charge in [0, 0.05) is 18.8 Å². The van der Waals surface area contributed by atoms with Crippen LogP contribution in [0.4, 0.5) is 0 Å². The van der Waals surface area contributed by atoms with Gasteiger partial charge in [0.2, 0.25) is 0 Å². The number of aliphatic hydroxyl groups is 1. The van der Waals surface area contributed by atoms with Gasteiger partial charge in [-0.05, 0) is 32.6 Å². The van der Waals surface area contributed by atoms with Crippen molar-refractivity contribution in [3.05, 3.63) is 0 Å². The monoisotopic (exact) mass is 358 g/mol. The molecule has 0 amide bonds. The SMILES string of the molecule is CCOC(=O)C1CCCC12OCCO2.OCC1CCCC12OCCO2. The number of esters is 1. The van der Waals surface area contributed by atoms with E-state index in [2.05, 4.69) is 0 Å². The second-order valence-electron chi connectivity index (χ2n) is 6.99. The van der Waals surface area contributed by atoms with E-state index in [1.54, 1.807) is 0 Å². The first-order valence-corrected chi connectivity index (χ1v) is 9.49. The van der Waals surface area contributed by atoms with E-state index in [0.29, 0.717) is 33.0 Å². The Morgan fingerprint density at radius 1 is 1.00 bits per heavy atom. The van der Waals surface area contributed by atoms with E-state index < -0.39 is 11.6 Å². The normalized spacial score (nSPS) is 32.1. The first-order valence-electron chi connectivity index (χ1n) is 9.49.